The first-order valence-corrected chi connectivity index (χ1v) is 15.7. The predicted molar refractivity (Wildman–Crippen MR) is 182 cm³/mol. The number of carboxylic acid groups (broad SMARTS) is 6. The number of aromatic carboxylic acids is 6. The van der Waals surface area contributed by atoms with E-state index in [0.717, 1.165) is 0 Å². The van der Waals surface area contributed by atoms with Crippen LogP contribution in [0, 0.1) is 0 Å². The van der Waals surface area contributed by atoms with Gasteiger partial charge in [0.15, 0.2) is 0 Å². The summed E-state index contributed by atoms with van der Waals surface area (Å²) < 4.78 is 0. The molecular formula is C42H24MoO12-6. The molecule has 276 valence electrons. The van der Waals surface area contributed by atoms with E-state index in [1.165, 1.54) is 54.6 Å². The van der Waals surface area contributed by atoms with E-state index in [2.05, 4.69) is 0 Å². The van der Waals surface area contributed by atoms with Crippen molar-refractivity contribution >= 4 is 35.8 Å². The summed E-state index contributed by atoms with van der Waals surface area (Å²) >= 11 is 0. The van der Waals surface area contributed by atoms with E-state index in [9.17, 15) is 59.4 Å². The number of carbonyl (C=O) groups is 6. The van der Waals surface area contributed by atoms with Gasteiger partial charge in [-0.3, -0.25) is 0 Å². The second-order valence-corrected chi connectivity index (χ2v) is 11.0. The number of hydrogen-bond acceptors (Lipinski definition) is 12. The minimum Gasteiger partial charge on any atom is -0.545 e. The molecule has 0 aromatic heterocycles. The third kappa shape index (κ3) is 10.5. The van der Waals surface area contributed by atoms with Crippen LogP contribution in [0.1, 0.15) is 62.1 Å². The molecule has 0 amide bonds. The number of carbonyl (C=O) groups excluding carboxylic acids is 6. The van der Waals surface area contributed by atoms with Crippen LogP contribution in [0.15, 0.2) is 146 Å². The normalized spacial score (nSPS) is 9.82. The third-order valence-corrected chi connectivity index (χ3v) is 7.72. The molecule has 0 heterocycles. The van der Waals surface area contributed by atoms with E-state index in [1.807, 2.05) is 0 Å². The Labute approximate surface area is 327 Å². The van der Waals surface area contributed by atoms with E-state index in [1.54, 1.807) is 91.0 Å². The van der Waals surface area contributed by atoms with Gasteiger partial charge in [0.1, 0.15) is 0 Å². The second kappa shape index (κ2) is 19.6. The maximum absolute atomic E-state index is 11.1. The van der Waals surface area contributed by atoms with Crippen LogP contribution < -0.4 is 30.6 Å². The van der Waals surface area contributed by atoms with Gasteiger partial charge in [-0.2, -0.15) is 0 Å². The minimum absolute atomic E-state index is 0. The predicted octanol–water partition coefficient (Wildman–Crippen LogP) is 0.239. The Morgan fingerprint density at radius 3 is 0.673 bits per heavy atom. The van der Waals surface area contributed by atoms with Crippen molar-refractivity contribution in [3.05, 3.63) is 179 Å². The Balaban J connectivity index is 0.000000220. The summed E-state index contributed by atoms with van der Waals surface area (Å²) in [6, 6.07) is 38.5. The van der Waals surface area contributed by atoms with Crippen LogP contribution in [0.25, 0.3) is 33.4 Å². The van der Waals surface area contributed by atoms with Gasteiger partial charge in [-0.05, 0) is 33.4 Å². The third-order valence-electron chi connectivity index (χ3n) is 7.72. The van der Waals surface area contributed by atoms with Gasteiger partial charge in [0.25, 0.3) is 0 Å². The number of hydrogen-bond donors (Lipinski definition) is 0. The molecule has 0 N–H and O–H groups in total. The molecule has 6 aromatic rings. The first-order chi connectivity index (χ1) is 25.8. The number of rotatable bonds is 9. The minimum atomic E-state index is -1.54. The Morgan fingerprint density at radius 2 is 0.491 bits per heavy atom. The molecule has 6 rings (SSSR count). The average molecular weight is 817 g/mol. The first-order valence-electron chi connectivity index (χ1n) is 15.7. The van der Waals surface area contributed by atoms with Crippen LogP contribution >= 0.6 is 0 Å². The van der Waals surface area contributed by atoms with Gasteiger partial charge >= 0.3 is 0 Å². The Hall–Kier alpha value is -7.17. The van der Waals surface area contributed by atoms with Crippen LogP contribution in [0.2, 0.25) is 0 Å². The van der Waals surface area contributed by atoms with E-state index >= 15 is 0 Å². The molecule has 0 atom stereocenters. The van der Waals surface area contributed by atoms with Gasteiger partial charge in [0.2, 0.25) is 0 Å². The maximum Gasteiger partial charge on any atom is 0.0728 e. The van der Waals surface area contributed by atoms with Crippen LogP contribution in [-0.4, -0.2) is 35.8 Å². The van der Waals surface area contributed by atoms with Crippen molar-refractivity contribution < 1.29 is 80.5 Å². The van der Waals surface area contributed by atoms with E-state index in [-0.39, 0.29) is 54.4 Å². The molecule has 0 aliphatic carbocycles. The Bertz CT molecular complexity index is 2080. The fraction of sp³-hybridized carbons (Fsp3) is 0. The molecule has 12 nitrogen and oxygen atoms in total. The van der Waals surface area contributed by atoms with Crippen molar-refractivity contribution in [2.24, 2.45) is 0 Å². The molecule has 6 aromatic carbocycles. The van der Waals surface area contributed by atoms with E-state index in [4.69, 9.17) is 0 Å². The van der Waals surface area contributed by atoms with Crippen molar-refractivity contribution in [2.45, 2.75) is 0 Å². The van der Waals surface area contributed by atoms with E-state index in [0.29, 0.717) is 33.4 Å². The Kier molecular flexibility index (Phi) is 15.1. The zero-order chi connectivity index (χ0) is 39.4. The molecule has 13 heteroatoms. The summed E-state index contributed by atoms with van der Waals surface area (Å²) in [7, 11) is 0. The smallest absolute Gasteiger partial charge is 0.0728 e. The first kappa shape index (κ1) is 42.2. The molecular weight excluding hydrogens is 792 g/mol. The monoisotopic (exact) mass is 818 g/mol. The van der Waals surface area contributed by atoms with Crippen LogP contribution in [0.5, 0.6) is 0 Å². The quantitative estimate of drug-likeness (QED) is 0.178. The van der Waals surface area contributed by atoms with Gasteiger partial charge in [0.05, 0.1) is 35.8 Å². The fourth-order valence-corrected chi connectivity index (χ4v) is 5.40. The van der Waals surface area contributed by atoms with Crippen molar-refractivity contribution in [1.29, 1.82) is 0 Å². The summed E-state index contributed by atoms with van der Waals surface area (Å²) in [6.07, 6.45) is 0. The number of carboxylic acids is 6. The van der Waals surface area contributed by atoms with Gasteiger partial charge in [-0.15, -0.1) is 0 Å². The van der Waals surface area contributed by atoms with Crippen molar-refractivity contribution in [3.63, 3.8) is 0 Å². The van der Waals surface area contributed by atoms with Crippen molar-refractivity contribution in [3.8, 4) is 33.4 Å². The van der Waals surface area contributed by atoms with Gasteiger partial charge in [-0.25, -0.2) is 0 Å². The average Bonchev–Trinajstić information content (AvgIpc) is 3.18. The van der Waals surface area contributed by atoms with Crippen LogP contribution in [0.3, 0.4) is 0 Å². The maximum atomic E-state index is 11.1. The Morgan fingerprint density at radius 1 is 0.273 bits per heavy atom. The molecule has 0 unspecified atom stereocenters. The van der Waals surface area contributed by atoms with Gasteiger partial charge in [-0.1, -0.05) is 146 Å². The summed E-state index contributed by atoms with van der Waals surface area (Å²) in [5, 5.41) is 66.1. The summed E-state index contributed by atoms with van der Waals surface area (Å²) in [5.74, 6) is -9.21. The molecule has 0 aliphatic rings. The molecule has 0 bridgehead atoms. The summed E-state index contributed by atoms with van der Waals surface area (Å²) in [5.41, 5.74) is 0.534. The fourth-order valence-electron chi connectivity index (χ4n) is 5.40. The van der Waals surface area contributed by atoms with E-state index < -0.39 is 35.8 Å². The van der Waals surface area contributed by atoms with Crippen LogP contribution in [-0.2, 0) is 21.1 Å². The van der Waals surface area contributed by atoms with Gasteiger partial charge in [0, 0.05) is 54.4 Å². The van der Waals surface area contributed by atoms with Crippen molar-refractivity contribution in [1.82, 2.24) is 0 Å². The molecule has 0 radical (unpaired) electrons. The zero-order valence-electron chi connectivity index (χ0n) is 28.2. The zero-order valence-corrected chi connectivity index (χ0v) is 30.2. The molecule has 0 saturated heterocycles. The SMILES string of the molecule is O=C([O-])c1cccc(-c2ccccc2)c1C(=O)[O-].O=C([O-])c1cccc(-c2ccccc2)c1C(=O)[O-].O=C([O-])c1cccc(-c2ccccc2)c1C(=O)[O-].[Mo]. The molecule has 0 fully saturated rings. The molecule has 0 spiro atoms. The topological polar surface area (TPSA) is 241 Å². The summed E-state index contributed by atoms with van der Waals surface area (Å²) in [4.78, 5) is 66.1. The molecule has 55 heavy (non-hydrogen) atoms. The number of benzene rings is 6. The summed E-state index contributed by atoms with van der Waals surface area (Å²) in [6.45, 7) is 0. The van der Waals surface area contributed by atoms with Gasteiger partial charge < -0.3 is 59.4 Å². The second-order valence-electron chi connectivity index (χ2n) is 11.0. The standard InChI is InChI=1S/3C14H10O4.Mo/c3*15-13(16)11-8-4-7-10(12(11)14(17)18)9-5-2-1-3-6-9;/h3*1-8H,(H,15,16)(H,17,18);/p-6. The largest absolute Gasteiger partial charge is 0.545 e. The molecule has 0 aliphatic heterocycles. The molecule has 0 saturated carbocycles. The van der Waals surface area contributed by atoms with Crippen LogP contribution in [0.4, 0.5) is 0 Å². The van der Waals surface area contributed by atoms with Crippen molar-refractivity contribution in [2.75, 3.05) is 0 Å².